The molecule has 1 saturated carbocycles. The summed E-state index contributed by atoms with van der Waals surface area (Å²) >= 11 is 0. The van der Waals surface area contributed by atoms with Gasteiger partial charge in [0.05, 0.1) is 0 Å². The molecular formula is C13H19N5. The number of rotatable bonds is 5. The number of aromatic nitrogens is 4. The first-order valence-corrected chi connectivity index (χ1v) is 6.68. The highest BCUT2D eigenvalue weighted by atomic mass is 15.4. The monoisotopic (exact) mass is 245 g/mol. The van der Waals surface area contributed by atoms with Crippen LogP contribution in [0.25, 0.3) is 5.78 Å². The van der Waals surface area contributed by atoms with Crippen LogP contribution in [0.3, 0.4) is 0 Å². The molecule has 0 aliphatic heterocycles. The first-order chi connectivity index (χ1) is 8.78. The second-order valence-electron chi connectivity index (χ2n) is 5.15. The third-order valence-corrected chi connectivity index (χ3v) is 3.41. The normalized spacial score (nSPS) is 15.2. The van der Waals surface area contributed by atoms with Gasteiger partial charge in [-0.1, -0.05) is 13.3 Å². The first-order valence-electron chi connectivity index (χ1n) is 6.68. The zero-order valence-electron chi connectivity index (χ0n) is 11.0. The van der Waals surface area contributed by atoms with Crippen molar-refractivity contribution in [2.75, 3.05) is 18.5 Å². The summed E-state index contributed by atoms with van der Waals surface area (Å²) in [7, 11) is 2.13. The maximum absolute atomic E-state index is 4.53. The molecule has 0 spiro atoms. The topological polar surface area (TPSA) is 46.3 Å². The van der Waals surface area contributed by atoms with Gasteiger partial charge < -0.3 is 4.90 Å². The average molecular weight is 245 g/mol. The highest BCUT2D eigenvalue weighted by Crippen LogP contribution is 2.30. The van der Waals surface area contributed by atoms with Crippen LogP contribution in [0, 0.1) is 5.92 Å². The Labute approximate surface area is 107 Å². The van der Waals surface area contributed by atoms with Crippen LogP contribution in [-0.2, 0) is 6.42 Å². The van der Waals surface area contributed by atoms with Crippen LogP contribution in [0.15, 0.2) is 12.4 Å². The number of aryl methyl sites for hydroxylation is 1. The molecule has 0 N–H and O–H groups in total. The van der Waals surface area contributed by atoms with Crippen molar-refractivity contribution in [1.82, 2.24) is 19.6 Å². The molecule has 0 amide bonds. The van der Waals surface area contributed by atoms with Gasteiger partial charge in [0.15, 0.2) is 0 Å². The molecule has 0 radical (unpaired) electrons. The van der Waals surface area contributed by atoms with Crippen LogP contribution in [0.4, 0.5) is 5.82 Å². The van der Waals surface area contributed by atoms with E-state index < -0.39 is 0 Å². The molecule has 0 atom stereocenters. The van der Waals surface area contributed by atoms with Crippen molar-refractivity contribution >= 4 is 11.6 Å². The molecule has 5 nitrogen and oxygen atoms in total. The van der Waals surface area contributed by atoms with E-state index in [0.29, 0.717) is 5.78 Å². The molecule has 1 aliphatic carbocycles. The van der Waals surface area contributed by atoms with Gasteiger partial charge >= 0.3 is 0 Å². The van der Waals surface area contributed by atoms with Gasteiger partial charge in [-0.15, -0.1) is 0 Å². The summed E-state index contributed by atoms with van der Waals surface area (Å²) in [5.41, 5.74) is 1.11. The van der Waals surface area contributed by atoms with Crippen LogP contribution in [0.1, 0.15) is 31.9 Å². The molecular weight excluding hydrogens is 226 g/mol. The summed E-state index contributed by atoms with van der Waals surface area (Å²) in [4.78, 5) is 11.0. The molecule has 0 aromatic carbocycles. The predicted molar refractivity (Wildman–Crippen MR) is 70.8 cm³/mol. The van der Waals surface area contributed by atoms with E-state index in [9.17, 15) is 0 Å². The highest BCUT2D eigenvalue weighted by molar-refractivity contribution is 5.47. The molecule has 0 saturated heterocycles. The molecule has 18 heavy (non-hydrogen) atoms. The van der Waals surface area contributed by atoms with E-state index in [1.54, 1.807) is 6.33 Å². The van der Waals surface area contributed by atoms with Crippen molar-refractivity contribution in [3.8, 4) is 0 Å². The van der Waals surface area contributed by atoms with Crippen LogP contribution in [0.2, 0.25) is 0 Å². The minimum Gasteiger partial charge on any atom is -0.359 e. The number of fused-ring (bicyclic) bond motifs is 1. The Balaban J connectivity index is 1.97. The third kappa shape index (κ3) is 2.17. The van der Waals surface area contributed by atoms with Crippen molar-refractivity contribution in [2.45, 2.75) is 32.6 Å². The Morgan fingerprint density at radius 2 is 2.28 bits per heavy atom. The van der Waals surface area contributed by atoms with E-state index in [1.165, 1.54) is 12.8 Å². The molecule has 2 aromatic rings. The fourth-order valence-electron chi connectivity index (χ4n) is 2.28. The SMILES string of the molecule is CCCc1cc(N(C)CC2CC2)n2ncnc2n1. The van der Waals surface area contributed by atoms with Crippen molar-refractivity contribution in [3.05, 3.63) is 18.1 Å². The Hall–Kier alpha value is -1.65. The van der Waals surface area contributed by atoms with Gasteiger partial charge in [-0.2, -0.15) is 14.6 Å². The first kappa shape index (κ1) is 11.4. The van der Waals surface area contributed by atoms with E-state index in [0.717, 1.165) is 36.8 Å². The Morgan fingerprint density at radius 1 is 1.44 bits per heavy atom. The summed E-state index contributed by atoms with van der Waals surface area (Å²) < 4.78 is 1.83. The largest absolute Gasteiger partial charge is 0.359 e. The summed E-state index contributed by atoms with van der Waals surface area (Å²) in [6.07, 6.45) is 6.39. The fraction of sp³-hybridized carbons (Fsp3) is 0.615. The summed E-state index contributed by atoms with van der Waals surface area (Å²) in [5.74, 6) is 2.67. The van der Waals surface area contributed by atoms with Crippen molar-refractivity contribution in [1.29, 1.82) is 0 Å². The number of hydrogen-bond acceptors (Lipinski definition) is 4. The summed E-state index contributed by atoms with van der Waals surface area (Å²) in [6, 6.07) is 2.15. The minimum absolute atomic E-state index is 0.707. The maximum atomic E-state index is 4.53. The standard InChI is InChI=1S/C13H19N5/c1-3-4-11-7-12(17(2)8-10-5-6-10)18-13(16-11)14-9-15-18/h7,9-10H,3-6,8H2,1-2H3. The van der Waals surface area contributed by atoms with Gasteiger partial charge in [-0.05, 0) is 25.2 Å². The van der Waals surface area contributed by atoms with E-state index in [-0.39, 0.29) is 0 Å². The molecule has 2 aromatic heterocycles. The molecule has 2 heterocycles. The molecule has 0 unspecified atom stereocenters. The van der Waals surface area contributed by atoms with Gasteiger partial charge in [0.25, 0.3) is 5.78 Å². The van der Waals surface area contributed by atoms with Crippen LogP contribution >= 0.6 is 0 Å². The fourth-order valence-corrected chi connectivity index (χ4v) is 2.28. The highest BCUT2D eigenvalue weighted by Gasteiger charge is 2.24. The quantitative estimate of drug-likeness (QED) is 0.807. The Bertz CT molecular complexity index is 543. The average Bonchev–Trinajstić information content (AvgIpc) is 3.04. The van der Waals surface area contributed by atoms with Gasteiger partial charge in [0.1, 0.15) is 12.1 Å². The van der Waals surface area contributed by atoms with Crippen LogP contribution < -0.4 is 4.90 Å². The van der Waals surface area contributed by atoms with Crippen molar-refractivity contribution in [3.63, 3.8) is 0 Å². The molecule has 1 aliphatic rings. The lowest BCUT2D eigenvalue weighted by Gasteiger charge is -2.20. The zero-order chi connectivity index (χ0) is 12.5. The lowest BCUT2D eigenvalue weighted by molar-refractivity contribution is 0.750. The summed E-state index contributed by atoms with van der Waals surface area (Å²) in [5, 5.41) is 4.27. The number of nitrogens with zero attached hydrogens (tertiary/aromatic N) is 5. The Morgan fingerprint density at radius 3 is 3.00 bits per heavy atom. The minimum atomic E-state index is 0.707. The van der Waals surface area contributed by atoms with Crippen molar-refractivity contribution < 1.29 is 0 Å². The Kier molecular flexibility index (Phi) is 2.89. The van der Waals surface area contributed by atoms with E-state index in [2.05, 4.69) is 40.0 Å². The number of anilines is 1. The second kappa shape index (κ2) is 4.55. The van der Waals surface area contributed by atoms with E-state index in [4.69, 9.17) is 0 Å². The van der Waals surface area contributed by atoms with E-state index in [1.807, 2.05) is 4.52 Å². The third-order valence-electron chi connectivity index (χ3n) is 3.41. The lowest BCUT2D eigenvalue weighted by atomic mass is 10.2. The van der Waals surface area contributed by atoms with Gasteiger partial charge in [0, 0.05) is 25.4 Å². The van der Waals surface area contributed by atoms with Crippen molar-refractivity contribution in [2.24, 2.45) is 5.92 Å². The molecule has 96 valence electrons. The van der Waals surface area contributed by atoms with Gasteiger partial charge in [-0.25, -0.2) is 4.98 Å². The molecule has 5 heteroatoms. The predicted octanol–water partition coefficient (Wildman–Crippen LogP) is 1.92. The van der Waals surface area contributed by atoms with E-state index >= 15 is 0 Å². The molecule has 1 fully saturated rings. The second-order valence-corrected chi connectivity index (χ2v) is 5.15. The lowest BCUT2D eigenvalue weighted by Crippen LogP contribution is -2.23. The van der Waals surface area contributed by atoms with Crippen LogP contribution in [0.5, 0.6) is 0 Å². The van der Waals surface area contributed by atoms with Crippen LogP contribution in [-0.4, -0.2) is 33.2 Å². The molecule has 0 bridgehead atoms. The molecule has 3 rings (SSSR count). The summed E-state index contributed by atoms with van der Waals surface area (Å²) in [6.45, 7) is 3.27. The van der Waals surface area contributed by atoms with Gasteiger partial charge in [0.2, 0.25) is 0 Å². The van der Waals surface area contributed by atoms with Gasteiger partial charge in [-0.3, -0.25) is 0 Å². The smallest absolute Gasteiger partial charge is 0.254 e. The number of hydrogen-bond donors (Lipinski definition) is 0. The zero-order valence-corrected chi connectivity index (χ0v) is 11.0. The maximum Gasteiger partial charge on any atom is 0.254 e.